The minimum Gasteiger partial charge on any atom is -0.480 e. The maximum Gasteiger partial charge on any atom is 0.323 e. The van der Waals surface area contributed by atoms with Crippen LogP contribution in [0.25, 0.3) is 33.3 Å². The van der Waals surface area contributed by atoms with Crippen LogP contribution in [-0.4, -0.2) is 35.4 Å². The molecule has 0 aliphatic heterocycles. The van der Waals surface area contributed by atoms with Gasteiger partial charge in [0, 0.05) is 36.4 Å². The number of fused-ring (bicyclic) bond motifs is 3. The van der Waals surface area contributed by atoms with Crippen LogP contribution in [0.1, 0.15) is 0 Å². The van der Waals surface area contributed by atoms with Crippen LogP contribution in [0, 0.1) is 0 Å². The molecule has 0 fully saturated rings. The molecule has 0 bridgehead atoms. The fourth-order valence-corrected chi connectivity index (χ4v) is 2.80. The predicted molar refractivity (Wildman–Crippen MR) is 81.4 cm³/mol. The van der Waals surface area contributed by atoms with Crippen molar-refractivity contribution in [2.75, 3.05) is 0 Å². The lowest BCUT2D eigenvalue weighted by Crippen LogP contribution is -2.08. The van der Waals surface area contributed by atoms with Crippen molar-refractivity contribution in [1.29, 1.82) is 0 Å². The quantitative estimate of drug-likeness (QED) is 0.605. The lowest BCUT2D eigenvalue weighted by atomic mass is 10.2. The summed E-state index contributed by atoms with van der Waals surface area (Å²) in [5, 5.41) is 14.1. The van der Waals surface area contributed by atoms with E-state index in [1.54, 1.807) is 17.0 Å². The molecule has 4 rings (SSSR count). The Morgan fingerprint density at radius 1 is 1.45 bits per heavy atom. The van der Waals surface area contributed by atoms with Crippen molar-refractivity contribution in [3.05, 3.63) is 36.8 Å². The number of aromatic nitrogens is 5. The number of aryl methyl sites for hydroxylation is 1. The van der Waals surface area contributed by atoms with Crippen molar-refractivity contribution in [2.45, 2.75) is 6.54 Å². The molecule has 4 heterocycles. The standard InChI is InChI=1S/C15H13N5O2/c1-19-14-9(7-17-19)6-16-15-10(14)5-11(18-15)12-3-2-4-20(12)8-13(21)22/h2-7,17H,8H2,1H3,(H,21,22). The van der Waals surface area contributed by atoms with Gasteiger partial charge >= 0.3 is 5.97 Å². The zero-order chi connectivity index (χ0) is 15.3. The summed E-state index contributed by atoms with van der Waals surface area (Å²) in [6.07, 6.45) is 5.41. The molecule has 0 aromatic carbocycles. The summed E-state index contributed by atoms with van der Waals surface area (Å²) < 4.78 is 3.58. The third-order valence-electron chi connectivity index (χ3n) is 3.75. The van der Waals surface area contributed by atoms with Crippen LogP contribution < -0.4 is 0 Å². The van der Waals surface area contributed by atoms with E-state index in [1.807, 2.05) is 36.1 Å². The summed E-state index contributed by atoms with van der Waals surface area (Å²) in [6, 6.07) is 5.63. The van der Waals surface area contributed by atoms with E-state index in [0.29, 0.717) is 5.65 Å². The number of aromatic amines is 1. The van der Waals surface area contributed by atoms with Gasteiger partial charge in [0.05, 0.1) is 16.9 Å². The monoisotopic (exact) mass is 295 g/mol. The van der Waals surface area contributed by atoms with E-state index < -0.39 is 5.97 Å². The molecule has 0 aliphatic carbocycles. The number of pyridine rings is 1. The molecule has 4 aromatic rings. The molecule has 0 saturated heterocycles. The van der Waals surface area contributed by atoms with Crippen LogP contribution in [0.3, 0.4) is 0 Å². The van der Waals surface area contributed by atoms with Gasteiger partial charge in [0.15, 0.2) is 5.65 Å². The van der Waals surface area contributed by atoms with E-state index in [-0.39, 0.29) is 6.54 Å². The number of hydrogen-bond acceptors (Lipinski definition) is 3. The minimum atomic E-state index is -0.883. The van der Waals surface area contributed by atoms with E-state index in [4.69, 9.17) is 5.11 Å². The highest BCUT2D eigenvalue weighted by Crippen LogP contribution is 2.28. The number of carbonyl (C=O) groups is 1. The number of rotatable bonds is 3. The normalized spacial score (nSPS) is 11.5. The Balaban J connectivity index is 1.93. The van der Waals surface area contributed by atoms with Crippen molar-refractivity contribution in [3.63, 3.8) is 0 Å². The van der Waals surface area contributed by atoms with Gasteiger partial charge < -0.3 is 14.8 Å². The van der Waals surface area contributed by atoms with Crippen molar-refractivity contribution in [2.24, 2.45) is 7.05 Å². The molecule has 7 nitrogen and oxygen atoms in total. The van der Waals surface area contributed by atoms with Crippen LogP contribution in [0.15, 0.2) is 36.8 Å². The average Bonchev–Trinajstić information content (AvgIpc) is 3.15. The molecular weight excluding hydrogens is 282 g/mol. The van der Waals surface area contributed by atoms with Crippen LogP contribution >= 0.6 is 0 Å². The van der Waals surface area contributed by atoms with E-state index >= 15 is 0 Å². The highest BCUT2D eigenvalue weighted by atomic mass is 16.4. The Morgan fingerprint density at radius 3 is 3.14 bits per heavy atom. The largest absolute Gasteiger partial charge is 0.480 e. The summed E-state index contributed by atoms with van der Waals surface area (Å²) >= 11 is 0. The minimum absolute atomic E-state index is 0.0910. The highest BCUT2D eigenvalue weighted by Gasteiger charge is 2.14. The van der Waals surface area contributed by atoms with Crippen LogP contribution in [0.4, 0.5) is 0 Å². The first-order valence-corrected chi connectivity index (χ1v) is 6.80. The summed E-state index contributed by atoms with van der Waals surface area (Å²) in [5.74, 6) is -0.883. The number of hydrogen-bond donors (Lipinski definition) is 2. The molecule has 0 aliphatic rings. The summed E-state index contributed by atoms with van der Waals surface area (Å²) in [4.78, 5) is 19.9. The topological polar surface area (TPSA) is 88.7 Å². The predicted octanol–water partition coefficient (Wildman–Crippen LogP) is 2.00. The molecule has 22 heavy (non-hydrogen) atoms. The fraction of sp³-hybridized carbons (Fsp3) is 0.133. The smallest absolute Gasteiger partial charge is 0.323 e. The molecule has 0 atom stereocenters. The van der Waals surface area contributed by atoms with E-state index in [1.165, 1.54) is 0 Å². The molecule has 0 saturated carbocycles. The second kappa shape index (κ2) is 4.45. The molecule has 7 heteroatoms. The zero-order valence-electron chi connectivity index (χ0n) is 11.8. The van der Waals surface area contributed by atoms with Crippen molar-refractivity contribution in [1.82, 2.24) is 24.3 Å². The van der Waals surface area contributed by atoms with Crippen molar-refractivity contribution in [3.8, 4) is 11.4 Å². The van der Waals surface area contributed by atoms with Gasteiger partial charge in [0.2, 0.25) is 0 Å². The van der Waals surface area contributed by atoms with Crippen molar-refractivity contribution < 1.29 is 9.90 Å². The van der Waals surface area contributed by atoms with Gasteiger partial charge in [-0.3, -0.25) is 9.48 Å². The average molecular weight is 295 g/mol. The molecule has 2 N–H and O–H groups in total. The van der Waals surface area contributed by atoms with Gasteiger partial charge in [-0.15, -0.1) is 0 Å². The second-order valence-corrected chi connectivity index (χ2v) is 5.19. The number of nitrogens with one attached hydrogen (secondary N) is 1. The zero-order valence-corrected chi connectivity index (χ0v) is 11.8. The van der Waals surface area contributed by atoms with E-state index in [9.17, 15) is 4.79 Å². The first kappa shape index (κ1) is 12.6. The van der Waals surface area contributed by atoms with Crippen LogP contribution in [0.2, 0.25) is 0 Å². The fourth-order valence-electron chi connectivity index (χ4n) is 2.80. The summed E-state index contributed by atoms with van der Waals surface area (Å²) in [5.41, 5.74) is 3.18. The Labute approximate surface area is 124 Å². The van der Waals surface area contributed by atoms with Crippen molar-refractivity contribution >= 4 is 27.9 Å². The Hall–Kier alpha value is -3.09. The number of carboxylic acid groups (broad SMARTS) is 1. The molecule has 0 unspecified atom stereocenters. The molecular formula is C15H13N5O2. The maximum atomic E-state index is 10.9. The Morgan fingerprint density at radius 2 is 2.32 bits per heavy atom. The van der Waals surface area contributed by atoms with E-state index in [0.717, 1.165) is 27.7 Å². The van der Waals surface area contributed by atoms with Gasteiger partial charge in [-0.25, -0.2) is 9.97 Å². The van der Waals surface area contributed by atoms with Crippen LogP contribution in [0.5, 0.6) is 0 Å². The van der Waals surface area contributed by atoms with E-state index in [2.05, 4.69) is 15.1 Å². The third kappa shape index (κ3) is 1.79. The molecule has 0 spiro atoms. The first-order chi connectivity index (χ1) is 10.6. The highest BCUT2D eigenvalue weighted by molar-refractivity contribution is 6.03. The summed E-state index contributed by atoms with van der Waals surface area (Å²) in [6.45, 7) is -0.0910. The van der Waals surface area contributed by atoms with Gasteiger partial charge in [-0.2, -0.15) is 0 Å². The number of H-pyrrole nitrogens is 1. The van der Waals surface area contributed by atoms with Gasteiger partial charge in [0.1, 0.15) is 6.54 Å². The first-order valence-electron chi connectivity index (χ1n) is 6.80. The SMILES string of the molecule is Cn1[nH]cc2cnc3nc(-c4cccn4CC(=O)O)cc3c21. The lowest BCUT2D eigenvalue weighted by Gasteiger charge is -2.03. The Kier molecular flexibility index (Phi) is 2.56. The van der Waals surface area contributed by atoms with Gasteiger partial charge in [0.25, 0.3) is 0 Å². The number of aliphatic carboxylic acids is 1. The maximum absolute atomic E-state index is 10.9. The summed E-state index contributed by atoms with van der Waals surface area (Å²) in [7, 11) is 1.93. The molecule has 0 radical (unpaired) electrons. The lowest BCUT2D eigenvalue weighted by molar-refractivity contribution is -0.137. The number of carboxylic acids is 1. The van der Waals surface area contributed by atoms with Gasteiger partial charge in [-0.05, 0) is 18.2 Å². The molecule has 4 aromatic heterocycles. The molecule has 110 valence electrons. The molecule has 0 amide bonds. The van der Waals surface area contributed by atoms with Gasteiger partial charge in [-0.1, -0.05) is 0 Å². The Bertz CT molecular complexity index is 1010. The second-order valence-electron chi connectivity index (χ2n) is 5.19. The number of nitrogens with zero attached hydrogens (tertiary/aromatic N) is 4. The third-order valence-corrected chi connectivity index (χ3v) is 3.75. The van der Waals surface area contributed by atoms with Crippen LogP contribution in [-0.2, 0) is 18.4 Å².